The van der Waals surface area contributed by atoms with Gasteiger partial charge in [-0.25, -0.2) is 4.39 Å². The molecule has 0 aliphatic rings. The number of carbonyl (C=O) groups is 1. The molecule has 0 radical (unpaired) electrons. The lowest BCUT2D eigenvalue weighted by molar-refractivity contribution is 0.0918. The van der Waals surface area contributed by atoms with Crippen molar-refractivity contribution < 1.29 is 13.9 Å². The molecule has 2 aromatic carbocycles. The molecule has 0 aliphatic carbocycles. The Labute approximate surface area is 111 Å². The van der Waals surface area contributed by atoms with Gasteiger partial charge in [0.1, 0.15) is 0 Å². The topological polar surface area (TPSA) is 26.3 Å². The number of Topliss-reactive ketones (excluding diaryl/α,β-unsaturated/α-hetero) is 1. The fraction of sp³-hybridized carbons (Fsp3) is 0.188. The fourth-order valence-corrected chi connectivity index (χ4v) is 1.70. The van der Waals surface area contributed by atoms with Crippen LogP contribution in [-0.2, 0) is 0 Å². The number of halogens is 1. The summed E-state index contributed by atoms with van der Waals surface area (Å²) in [4.78, 5) is 11.9. The van der Waals surface area contributed by atoms with E-state index in [-0.39, 0.29) is 18.1 Å². The first-order chi connectivity index (χ1) is 9.08. The highest BCUT2D eigenvalue weighted by Crippen LogP contribution is 2.19. The number of hydrogen-bond acceptors (Lipinski definition) is 2. The third-order valence-electron chi connectivity index (χ3n) is 2.89. The monoisotopic (exact) mass is 258 g/mol. The summed E-state index contributed by atoms with van der Waals surface area (Å²) in [5, 5.41) is 0. The highest BCUT2D eigenvalue weighted by molar-refractivity contribution is 5.97. The summed E-state index contributed by atoms with van der Waals surface area (Å²) >= 11 is 0. The van der Waals surface area contributed by atoms with Crippen LogP contribution in [0.5, 0.6) is 5.75 Å². The number of carbonyl (C=O) groups excluding carboxylic acids is 1. The Hall–Kier alpha value is -2.16. The van der Waals surface area contributed by atoms with E-state index in [1.807, 2.05) is 19.1 Å². The molecule has 0 amide bonds. The van der Waals surface area contributed by atoms with Crippen LogP contribution in [0.1, 0.15) is 21.5 Å². The van der Waals surface area contributed by atoms with Crippen LogP contribution in [0.4, 0.5) is 4.39 Å². The lowest BCUT2D eigenvalue weighted by Crippen LogP contribution is -2.12. The highest BCUT2D eigenvalue weighted by atomic mass is 19.1. The van der Waals surface area contributed by atoms with Crippen LogP contribution >= 0.6 is 0 Å². The number of rotatable bonds is 4. The number of ether oxygens (including phenoxy) is 1. The lowest BCUT2D eigenvalue weighted by Gasteiger charge is -2.08. The molecule has 0 aliphatic heterocycles. The second kappa shape index (κ2) is 5.65. The number of hydrogen-bond donors (Lipinski definition) is 0. The summed E-state index contributed by atoms with van der Waals surface area (Å²) in [5.41, 5.74) is 2.15. The largest absolute Gasteiger partial charge is 0.482 e. The minimum Gasteiger partial charge on any atom is -0.482 e. The van der Waals surface area contributed by atoms with Crippen molar-refractivity contribution >= 4 is 5.78 Å². The van der Waals surface area contributed by atoms with Gasteiger partial charge in [-0.1, -0.05) is 42.0 Å². The molecule has 0 aromatic heterocycles. The normalized spacial score (nSPS) is 10.3. The molecule has 19 heavy (non-hydrogen) atoms. The minimum absolute atomic E-state index is 0.112. The molecular formula is C16H15FO2. The van der Waals surface area contributed by atoms with E-state index in [1.165, 1.54) is 6.07 Å². The van der Waals surface area contributed by atoms with E-state index in [4.69, 9.17) is 4.74 Å². The Morgan fingerprint density at radius 2 is 1.79 bits per heavy atom. The lowest BCUT2D eigenvalue weighted by atomic mass is 10.1. The summed E-state index contributed by atoms with van der Waals surface area (Å²) < 4.78 is 18.9. The first kappa shape index (κ1) is 13.3. The first-order valence-corrected chi connectivity index (χ1v) is 6.05. The molecule has 2 rings (SSSR count). The number of aryl methyl sites for hydroxylation is 2. The first-order valence-electron chi connectivity index (χ1n) is 6.05. The van der Waals surface area contributed by atoms with Crippen molar-refractivity contribution in [2.75, 3.05) is 6.61 Å². The molecule has 2 aromatic rings. The third kappa shape index (κ3) is 3.19. The second-order valence-electron chi connectivity index (χ2n) is 4.46. The van der Waals surface area contributed by atoms with E-state index in [9.17, 15) is 9.18 Å². The average molecular weight is 258 g/mol. The SMILES string of the molecule is Cc1ccc(C(=O)COc2cccc(C)c2F)cc1. The quantitative estimate of drug-likeness (QED) is 0.781. The standard InChI is InChI=1S/C16H15FO2/c1-11-6-8-13(9-7-11)14(18)10-19-15-5-3-4-12(2)16(15)17/h3-9H,10H2,1-2H3. The van der Waals surface area contributed by atoms with Crippen molar-refractivity contribution in [1.82, 2.24) is 0 Å². The van der Waals surface area contributed by atoms with Gasteiger partial charge in [0.2, 0.25) is 0 Å². The van der Waals surface area contributed by atoms with Gasteiger partial charge < -0.3 is 4.74 Å². The Balaban J connectivity index is 2.04. The summed E-state index contributed by atoms with van der Waals surface area (Å²) in [6.07, 6.45) is 0. The zero-order valence-corrected chi connectivity index (χ0v) is 10.9. The van der Waals surface area contributed by atoms with E-state index in [0.717, 1.165) is 5.56 Å². The summed E-state index contributed by atoms with van der Waals surface area (Å²) in [6.45, 7) is 3.44. The Kier molecular flexibility index (Phi) is 3.95. The second-order valence-corrected chi connectivity index (χ2v) is 4.46. The van der Waals surface area contributed by atoms with Crippen LogP contribution in [0.15, 0.2) is 42.5 Å². The van der Waals surface area contributed by atoms with Crippen molar-refractivity contribution in [3.63, 3.8) is 0 Å². The highest BCUT2D eigenvalue weighted by Gasteiger charge is 2.10. The summed E-state index contributed by atoms with van der Waals surface area (Å²) in [5.74, 6) is -0.472. The predicted molar refractivity (Wildman–Crippen MR) is 72.1 cm³/mol. The Morgan fingerprint density at radius 3 is 2.47 bits per heavy atom. The predicted octanol–water partition coefficient (Wildman–Crippen LogP) is 3.70. The van der Waals surface area contributed by atoms with Crippen molar-refractivity contribution in [3.05, 3.63) is 65.0 Å². The van der Waals surface area contributed by atoms with Crippen LogP contribution in [0, 0.1) is 19.7 Å². The molecule has 0 heterocycles. The maximum absolute atomic E-state index is 13.7. The van der Waals surface area contributed by atoms with Crippen LogP contribution in [-0.4, -0.2) is 12.4 Å². The fourth-order valence-electron chi connectivity index (χ4n) is 1.70. The molecule has 0 N–H and O–H groups in total. The zero-order chi connectivity index (χ0) is 13.8. The van der Waals surface area contributed by atoms with Crippen molar-refractivity contribution in [3.8, 4) is 5.75 Å². The number of benzene rings is 2. The van der Waals surface area contributed by atoms with E-state index in [2.05, 4.69) is 0 Å². The van der Waals surface area contributed by atoms with Gasteiger partial charge in [-0.05, 0) is 25.5 Å². The molecule has 98 valence electrons. The molecule has 0 atom stereocenters. The molecule has 0 fully saturated rings. The summed E-state index contributed by atoms with van der Waals surface area (Å²) in [6, 6.07) is 12.1. The smallest absolute Gasteiger partial charge is 0.200 e. The molecule has 0 spiro atoms. The van der Waals surface area contributed by atoms with Gasteiger partial charge in [-0.2, -0.15) is 0 Å². The molecule has 0 saturated heterocycles. The minimum atomic E-state index is -0.417. The van der Waals surface area contributed by atoms with Gasteiger partial charge in [0.25, 0.3) is 0 Å². The van der Waals surface area contributed by atoms with Crippen LogP contribution in [0.2, 0.25) is 0 Å². The van der Waals surface area contributed by atoms with Gasteiger partial charge >= 0.3 is 0 Å². The van der Waals surface area contributed by atoms with Crippen molar-refractivity contribution in [1.29, 1.82) is 0 Å². The van der Waals surface area contributed by atoms with Gasteiger partial charge in [0.15, 0.2) is 24.0 Å². The molecule has 2 nitrogen and oxygen atoms in total. The average Bonchev–Trinajstić information content (AvgIpc) is 2.41. The molecule has 0 unspecified atom stereocenters. The van der Waals surface area contributed by atoms with E-state index in [0.29, 0.717) is 11.1 Å². The van der Waals surface area contributed by atoms with E-state index >= 15 is 0 Å². The van der Waals surface area contributed by atoms with Gasteiger partial charge in [0.05, 0.1) is 0 Å². The summed E-state index contributed by atoms with van der Waals surface area (Å²) in [7, 11) is 0. The van der Waals surface area contributed by atoms with Gasteiger partial charge in [0, 0.05) is 5.56 Å². The molecule has 0 saturated carbocycles. The van der Waals surface area contributed by atoms with Crippen LogP contribution in [0.25, 0.3) is 0 Å². The van der Waals surface area contributed by atoms with Crippen molar-refractivity contribution in [2.24, 2.45) is 0 Å². The Bertz CT molecular complexity index is 588. The zero-order valence-electron chi connectivity index (χ0n) is 10.9. The van der Waals surface area contributed by atoms with E-state index < -0.39 is 5.82 Å². The Morgan fingerprint density at radius 1 is 1.11 bits per heavy atom. The van der Waals surface area contributed by atoms with E-state index in [1.54, 1.807) is 31.2 Å². The van der Waals surface area contributed by atoms with Crippen molar-refractivity contribution in [2.45, 2.75) is 13.8 Å². The van der Waals surface area contributed by atoms with Crippen LogP contribution < -0.4 is 4.74 Å². The maximum Gasteiger partial charge on any atom is 0.200 e. The maximum atomic E-state index is 13.7. The molecular weight excluding hydrogens is 243 g/mol. The van der Waals surface area contributed by atoms with Crippen LogP contribution in [0.3, 0.4) is 0 Å². The van der Waals surface area contributed by atoms with Gasteiger partial charge in [-0.3, -0.25) is 4.79 Å². The van der Waals surface area contributed by atoms with Gasteiger partial charge in [-0.15, -0.1) is 0 Å². The number of ketones is 1. The molecule has 0 bridgehead atoms. The molecule has 3 heteroatoms. The third-order valence-corrected chi connectivity index (χ3v) is 2.89.